The summed E-state index contributed by atoms with van der Waals surface area (Å²) in [5, 5.41) is 9.59. The van der Waals surface area contributed by atoms with E-state index in [0.29, 0.717) is 11.1 Å². The van der Waals surface area contributed by atoms with Crippen LogP contribution in [-0.2, 0) is 0 Å². The highest BCUT2D eigenvalue weighted by Gasteiger charge is 2.23. The first-order valence-corrected chi connectivity index (χ1v) is 6.04. The molecule has 0 saturated carbocycles. The molecule has 1 aliphatic heterocycles. The number of rotatable bonds is 3. The first-order chi connectivity index (χ1) is 7.81. The lowest BCUT2D eigenvalue weighted by Crippen LogP contribution is -2.41. The Morgan fingerprint density at radius 2 is 2.12 bits per heavy atom. The van der Waals surface area contributed by atoms with Crippen molar-refractivity contribution in [2.24, 2.45) is 0 Å². The molecule has 1 fully saturated rings. The van der Waals surface area contributed by atoms with Crippen molar-refractivity contribution in [2.75, 3.05) is 18.1 Å². The number of hydrogen-bond acceptors (Lipinski definition) is 4. The Morgan fingerprint density at radius 3 is 2.81 bits per heavy atom. The molecule has 4 nitrogen and oxygen atoms in total. The topological polar surface area (TPSA) is 49.2 Å². The zero-order chi connectivity index (χ0) is 11.4. The van der Waals surface area contributed by atoms with Crippen molar-refractivity contribution in [3.05, 3.63) is 17.4 Å². The van der Waals surface area contributed by atoms with Crippen molar-refractivity contribution in [2.45, 2.75) is 31.7 Å². The van der Waals surface area contributed by atoms with E-state index in [1.165, 1.54) is 6.42 Å². The summed E-state index contributed by atoms with van der Waals surface area (Å²) in [6.45, 7) is 1.18. The molecule has 1 saturated heterocycles. The molecule has 0 aromatic carbocycles. The summed E-state index contributed by atoms with van der Waals surface area (Å²) >= 11 is 5.76. The van der Waals surface area contributed by atoms with Gasteiger partial charge in [-0.3, -0.25) is 0 Å². The summed E-state index contributed by atoms with van der Waals surface area (Å²) in [5.41, 5.74) is 0. The van der Waals surface area contributed by atoms with Crippen molar-refractivity contribution >= 4 is 17.5 Å². The number of nitrogens with zero attached hydrogens (tertiary/aromatic N) is 3. The largest absolute Gasteiger partial charge is 0.396 e. The average Bonchev–Trinajstić information content (AvgIpc) is 2.32. The SMILES string of the molecule is OCC[C@H]1CCCCN1c1ncc(Cl)cn1. The number of halogens is 1. The summed E-state index contributed by atoms with van der Waals surface area (Å²) < 4.78 is 0. The fourth-order valence-corrected chi connectivity index (χ4v) is 2.26. The van der Waals surface area contributed by atoms with Crippen LogP contribution in [0.5, 0.6) is 0 Å². The molecule has 0 unspecified atom stereocenters. The van der Waals surface area contributed by atoms with Gasteiger partial charge in [0.25, 0.3) is 0 Å². The molecular formula is C11H16ClN3O. The van der Waals surface area contributed by atoms with Crippen LogP contribution >= 0.6 is 11.6 Å². The van der Waals surface area contributed by atoms with Crippen LogP contribution in [0.4, 0.5) is 5.95 Å². The van der Waals surface area contributed by atoms with Gasteiger partial charge in [-0.15, -0.1) is 0 Å². The second-order valence-corrected chi connectivity index (χ2v) is 4.49. The van der Waals surface area contributed by atoms with Crippen LogP contribution in [0.1, 0.15) is 25.7 Å². The van der Waals surface area contributed by atoms with Crippen LogP contribution < -0.4 is 4.90 Å². The number of anilines is 1. The Hall–Kier alpha value is -0.870. The van der Waals surface area contributed by atoms with Gasteiger partial charge in [-0.2, -0.15) is 0 Å². The average molecular weight is 242 g/mol. The monoisotopic (exact) mass is 241 g/mol. The maximum Gasteiger partial charge on any atom is 0.225 e. The van der Waals surface area contributed by atoms with E-state index in [0.717, 1.165) is 31.8 Å². The molecule has 1 aromatic heterocycles. The van der Waals surface area contributed by atoms with Crippen LogP contribution in [0.3, 0.4) is 0 Å². The smallest absolute Gasteiger partial charge is 0.225 e. The van der Waals surface area contributed by atoms with Crippen LogP contribution in [0.15, 0.2) is 12.4 Å². The maximum absolute atomic E-state index is 9.04. The lowest BCUT2D eigenvalue weighted by Gasteiger charge is -2.35. The maximum atomic E-state index is 9.04. The predicted octanol–water partition coefficient (Wildman–Crippen LogP) is 1.87. The van der Waals surface area contributed by atoms with E-state index in [2.05, 4.69) is 14.9 Å². The van der Waals surface area contributed by atoms with Crippen LogP contribution in [0, 0.1) is 0 Å². The van der Waals surface area contributed by atoms with E-state index in [-0.39, 0.29) is 6.61 Å². The fraction of sp³-hybridized carbons (Fsp3) is 0.636. The molecule has 88 valence electrons. The number of aliphatic hydroxyl groups is 1. The standard InChI is InChI=1S/C11H16ClN3O/c12-9-7-13-11(14-8-9)15-5-2-1-3-10(15)4-6-16/h7-8,10,16H,1-6H2/t10-/m1/s1. The molecule has 2 rings (SSSR count). The van der Waals surface area contributed by atoms with Gasteiger partial charge in [0.2, 0.25) is 5.95 Å². The number of hydrogen-bond donors (Lipinski definition) is 1. The highest BCUT2D eigenvalue weighted by atomic mass is 35.5. The van der Waals surface area contributed by atoms with E-state index < -0.39 is 0 Å². The molecule has 0 bridgehead atoms. The molecule has 1 N–H and O–H groups in total. The third-order valence-electron chi connectivity index (χ3n) is 2.95. The van der Waals surface area contributed by atoms with E-state index in [9.17, 15) is 0 Å². The van der Waals surface area contributed by atoms with Gasteiger partial charge >= 0.3 is 0 Å². The Morgan fingerprint density at radius 1 is 1.38 bits per heavy atom. The first-order valence-electron chi connectivity index (χ1n) is 5.66. The molecular weight excluding hydrogens is 226 g/mol. The van der Waals surface area contributed by atoms with E-state index in [4.69, 9.17) is 16.7 Å². The zero-order valence-corrected chi connectivity index (χ0v) is 9.90. The number of aliphatic hydroxyl groups excluding tert-OH is 1. The van der Waals surface area contributed by atoms with Crippen molar-refractivity contribution in [1.82, 2.24) is 9.97 Å². The van der Waals surface area contributed by atoms with Gasteiger partial charge in [-0.1, -0.05) is 11.6 Å². The van der Waals surface area contributed by atoms with Crippen LogP contribution in [-0.4, -0.2) is 34.3 Å². The second-order valence-electron chi connectivity index (χ2n) is 4.06. The lowest BCUT2D eigenvalue weighted by molar-refractivity contribution is 0.261. The van der Waals surface area contributed by atoms with Gasteiger partial charge in [-0.25, -0.2) is 9.97 Å². The molecule has 5 heteroatoms. The molecule has 0 spiro atoms. The van der Waals surface area contributed by atoms with Gasteiger partial charge in [-0.05, 0) is 25.7 Å². The highest BCUT2D eigenvalue weighted by Crippen LogP contribution is 2.23. The highest BCUT2D eigenvalue weighted by molar-refractivity contribution is 6.30. The molecule has 1 aliphatic rings. The van der Waals surface area contributed by atoms with Gasteiger partial charge < -0.3 is 10.0 Å². The fourth-order valence-electron chi connectivity index (χ4n) is 2.17. The summed E-state index contributed by atoms with van der Waals surface area (Å²) in [5.74, 6) is 0.725. The lowest BCUT2D eigenvalue weighted by atomic mass is 10.0. The Balaban J connectivity index is 2.13. The summed E-state index contributed by atoms with van der Waals surface area (Å²) in [6.07, 6.45) is 7.50. The quantitative estimate of drug-likeness (QED) is 0.878. The molecule has 0 aliphatic carbocycles. The third-order valence-corrected chi connectivity index (χ3v) is 3.15. The third kappa shape index (κ3) is 2.62. The van der Waals surface area contributed by atoms with Gasteiger partial charge in [0.15, 0.2) is 0 Å². The summed E-state index contributed by atoms with van der Waals surface area (Å²) in [7, 11) is 0. The van der Waals surface area contributed by atoms with Crippen LogP contribution in [0.2, 0.25) is 5.02 Å². The molecule has 1 aromatic rings. The molecule has 0 radical (unpaired) electrons. The summed E-state index contributed by atoms with van der Waals surface area (Å²) in [4.78, 5) is 10.6. The van der Waals surface area contributed by atoms with Gasteiger partial charge in [0.05, 0.1) is 17.4 Å². The minimum atomic E-state index is 0.217. The van der Waals surface area contributed by atoms with Crippen molar-refractivity contribution in [1.29, 1.82) is 0 Å². The Labute approximate surface area is 100 Å². The van der Waals surface area contributed by atoms with Gasteiger partial charge in [0.1, 0.15) is 0 Å². The van der Waals surface area contributed by atoms with Crippen molar-refractivity contribution in [3.63, 3.8) is 0 Å². The molecule has 16 heavy (non-hydrogen) atoms. The second kappa shape index (κ2) is 5.46. The molecule has 0 amide bonds. The summed E-state index contributed by atoms with van der Waals surface area (Å²) in [6, 6.07) is 0.361. The van der Waals surface area contributed by atoms with Crippen LogP contribution in [0.25, 0.3) is 0 Å². The zero-order valence-electron chi connectivity index (χ0n) is 9.14. The molecule has 2 heterocycles. The van der Waals surface area contributed by atoms with Gasteiger partial charge in [0, 0.05) is 19.2 Å². The normalized spacial score (nSPS) is 21.1. The number of piperidine rings is 1. The minimum Gasteiger partial charge on any atom is -0.396 e. The van der Waals surface area contributed by atoms with Crippen molar-refractivity contribution < 1.29 is 5.11 Å². The predicted molar refractivity (Wildman–Crippen MR) is 63.7 cm³/mol. The molecule has 1 atom stereocenters. The van der Waals surface area contributed by atoms with E-state index in [1.54, 1.807) is 12.4 Å². The van der Waals surface area contributed by atoms with E-state index >= 15 is 0 Å². The Bertz CT molecular complexity index is 329. The van der Waals surface area contributed by atoms with E-state index in [1.807, 2.05) is 0 Å². The first kappa shape index (κ1) is 11.6. The Kier molecular flexibility index (Phi) is 3.96. The number of aromatic nitrogens is 2. The minimum absolute atomic E-state index is 0.217. The van der Waals surface area contributed by atoms with Crippen molar-refractivity contribution in [3.8, 4) is 0 Å².